The van der Waals surface area contributed by atoms with Crippen LogP contribution >= 0.6 is 22.7 Å². The monoisotopic (exact) mass is 360 g/mol. The number of hydrogen-bond donors (Lipinski definition) is 1. The van der Waals surface area contributed by atoms with Crippen LogP contribution in [0.2, 0.25) is 0 Å². The number of esters is 1. The van der Waals surface area contributed by atoms with Crippen LogP contribution in [0.3, 0.4) is 0 Å². The fourth-order valence-corrected chi connectivity index (χ4v) is 5.01. The molecule has 5 nitrogen and oxygen atoms in total. The Hall–Kier alpha value is -2.17. The molecule has 24 heavy (non-hydrogen) atoms. The number of hydrogen-bond acceptors (Lipinski definition) is 6. The van der Waals surface area contributed by atoms with E-state index in [9.17, 15) is 14.9 Å². The third-order valence-electron chi connectivity index (χ3n) is 4.08. The van der Waals surface area contributed by atoms with E-state index in [1.165, 1.54) is 35.3 Å². The van der Waals surface area contributed by atoms with Gasteiger partial charge in [0, 0.05) is 4.88 Å². The summed E-state index contributed by atoms with van der Waals surface area (Å²) in [6, 6.07) is 4.01. The van der Waals surface area contributed by atoms with E-state index in [0.717, 1.165) is 30.6 Å². The maximum absolute atomic E-state index is 12.5. The molecule has 0 bridgehead atoms. The Morgan fingerprint density at radius 1 is 1.29 bits per heavy atom. The van der Waals surface area contributed by atoms with Crippen LogP contribution in [0.25, 0.3) is 0 Å². The number of rotatable bonds is 3. The lowest BCUT2D eigenvalue weighted by atomic mass is 9.99. The number of aryl methyl sites for hydroxylation is 2. The van der Waals surface area contributed by atoms with Crippen LogP contribution in [0.4, 0.5) is 5.00 Å². The molecule has 1 amide bonds. The first-order valence-corrected chi connectivity index (χ1v) is 9.23. The summed E-state index contributed by atoms with van der Waals surface area (Å²) in [5.41, 5.74) is 2.11. The fourth-order valence-electron chi connectivity index (χ4n) is 2.79. The topological polar surface area (TPSA) is 79.2 Å². The summed E-state index contributed by atoms with van der Waals surface area (Å²) in [6.45, 7) is 1.68. The van der Waals surface area contributed by atoms with E-state index >= 15 is 0 Å². The number of nitrogens with zero attached hydrogens (tertiary/aromatic N) is 1. The van der Waals surface area contributed by atoms with Gasteiger partial charge in [-0.15, -0.1) is 22.7 Å². The minimum atomic E-state index is -0.499. The normalized spacial score (nSPS) is 13.0. The van der Waals surface area contributed by atoms with Gasteiger partial charge >= 0.3 is 5.97 Å². The summed E-state index contributed by atoms with van der Waals surface area (Å²) in [4.78, 5) is 26.6. The van der Waals surface area contributed by atoms with E-state index in [2.05, 4.69) is 11.4 Å². The van der Waals surface area contributed by atoms with Crippen LogP contribution < -0.4 is 5.32 Å². The Balaban J connectivity index is 1.88. The number of ether oxygens (including phenoxy) is 1. The van der Waals surface area contributed by atoms with E-state index in [4.69, 9.17) is 4.74 Å². The van der Waals surface area contributed by atoms with Gasteiger partial charge in [-0.1, -0.05) is 0 Å². The number of carbonyl (C=O) groups is 2. The van der Waals surface area contributed by atoms with Gasteiger partial charge in [-0.05, 0) is 49.8 Å². The number of fused-ring (bicyclic) bond motifs is 1. The second kappa shape index (κ2) is 6.75. The van der Waals surface area contributed by atoms with Gasteiger partial charge in [-0.2, -0.15) is 5.26 Å². The van der Waals surface area contributed by atoms with Crippen molar-refractivity contribution in [3.8, 4) is 6.07 Å². The van der Waals surface area contributed by atoms with Gasteiger partial charge in [0.2, 0.25) is 0 Å². The SMILES string of the molecule is COC(=O)c1sc(NC(=O)c2cc3c(s2)CCCC3)c(C#N)c1C. The smallest absolute Gasteiger partial charge is 0.348 e. The molecule has 3 rings (SSSR count). The molecule has 0 saturated heterocycles. The van der Waals surface area contributed by atoms with Crippen molar-refractivity contribution < 1.29 is 14.3 Å². The third kappa shape index (κ3) is 2.95. The van der Waals surface area contributed by atoms with Gasteiger partial charge in [-0.25, -0.2) is 4.79 Å². The Kier molecular flexibility index (Phi) is 4.69. The minimum absolute atomic E-state index is 0.233. The van der Waals surface area contributed by atoms with Crippen LogP contribution in [0.15, 0.2) is 6.07 Å². The number of amides is 1. The quantitative estimate of drug-likeness (QED) is 0.842. The first-order chi connectivity index (χ1) is 11.5. The molecular weight excluding hydrogens is 344 g/mol. The third-order valence-corrected chi connectivity index (χ3v) is 6.50. The lowest BCUT2D eigenvalue weighted by molar-refractivity contribution is 0.0605. The molecule has 0 aliphatic heterocycles. The summed E-state index contributed by atoms with van der Waals surface area (Å²) in [6.07, 6.45) is 4.38. The summed E-state index contributed by atoms with van der Waals surface area (Å²) in [5, 5.41) is 12.5. The van der Waals surface area contributed by atoms with Crippen LogP contribution in [-0.2, 0) is 17.6 Å². The average molecular weight is 360 g/mol. The zero-order chi connectivity index (χ0) is 17.3. The number of nitriles is 1. The molecule has 1 N–H and O–H groups in total. The number of anilines is 1. The number of nitrogens with one attached hydrogen (secondary N) is 1. The van der Waals surface area contributed by atoms with Gasteiger partial charge in [0.1, 0.15) is 15.9 Å². The number of thiophene rings is 2. The molecular formula is C17H16N2O3S2. The molecule has 7 heteroatoms. The highest BCUT2D eigenvalue weighted by Crippen LogP contribution is 2.35. The molecule has 0 fully saturated rings. The Labute approximate surface area is 147 Å². The summed E-state index contributed by atoms with van der Waals surface area (Å²) in [7, 11) is 1.29. The molecule has 124 valence electrons. The first kappa shape index (κ1) is 16.7. The molecule has 0 atom stereocenters. The van der Waals surface area contributed by atoms with Crippen LogP contribution in [0.5, 0.6) is 0 Å². The predicted molar refractivity (Wildman–Crippen MR) is 94.0 cm³/mol. The van der Waals surface area contributed by atoms with Gasteiger partial charge in [0.25, 0.3) is 5.91 Å². The molecule has 2 aromatic rings. The van der Waals surface area contributed by atoms with Gasteiger partial charge in [-0.3, -0.25) is 4.79 Å². The van der Waals surface area contributed by atoms with Crippen LogP contribution in [-0.4, -0.2) is 19.0 Å². The standard InChI is InChI=1S/C17H16N2O3S2/c1-9-11(8-18)16(24-14(9)17(21)22-2)19-15(20)13-7-10-5-3-4-6-12(10)23-13/h7H,3-6H2,1-2H3,(H,19,20). The number of methoxy groups -OCH3 is 1. The molecule has 1 aliphatic rings. The molecule has 0 spiro atoms. The lowest BCUT2D eigenvalue weighted by Crippen LogP contribution is -2.10. The Morgan fingerprint density at radius 2 is 2.04 bits per heavy atom. The van der Waals surface area contributed by atoms with Gasteiger partial charge < -0.3 is 10.1 Å². The van der Waals surface area contributed by atoms with E-state index in [1.807, 2.05) is 6.07 Å². The maximum atomic E-state index is 12.5. The Bertz CT molecular complexity index is 835. The van der Waals surface area contributed by atoms with Crippen LogP contribution in [0.1, 0.15) is 53.8 Å². The number of carbonyl (C=O) groups excluding carboxylic acids is 2. The van der Waals surface area contributed by atoms with Gasteiger partial charge in [0.05, 0.1) is 17.6 Å². The first-order valence-electron chi connectivity index (χ1n) is 7.60. The average Bonchev–Trinajstić information content (AvgIpc) is 3.15. The zero-order valence-corrected chi connectivity index (χ0v) is 15.0. The molecule has 1 aliphatic carbocycles. The summed E-state index contributed by atoms with van der Waals surface area (Å²) < 4.78 is 4.73. The Morgan fingerprint density at radius 3 is 2.71 bits per heavy atom. The van der Waals surface area contributed by atoms with E-state index in [0.29, 0.717) is 25.9 Å². The highest BCUT2D eigenvalue weighted by atomic mass is 32.1. The van der Waals surface area contributed by atoms with Gasteiger partial charge in [0.15, 0.2) is 0 Å². The zero-order valence-electron chi connectivity index (χ0n) is 13.4. The summed E-state index contributed by atoms with van der Waals surface area (Å²) >= 11 is 2.59. The molecule has 2 aromatic heterocycles. The second-order valence-corrected chi connectivity index (χ2v) is 7.74. The molecule has 2 heterocycles. The molecule has 0 radical (unpaired) electrons. The summed E-state index contributed by atoms with van der Waals surface area (Å²) in [5.74, 6) is -0.732. The van der Waals surface area contributed by atoms with E-state index < -0.39 is 5.97 Å². The van der Waals surface area contributed by atoms with Crippen molar-refractivity contribution in [3.05, 3.63) is 37.4 Å². The predicted octanol–water partition coefficient (Wildman–Crippen LogP) is 3.91. The van der Waals surface area contributed by atoms with E-state index in [1.54, 1.807) is 6.92 Å². The fraction of sp³-hybridized carbons (Fsp3) is 0.353. The van der Waals surface area contributed by atoms with Crippen molar-refractivity contribution in [2.24, 2.45) is 0 Å². The van der Waals surface area contributed by atoms with Crippen molar-refractivity contribution >= 4 is 39.6 Å². The maximum Gasteiger partial charge on any atom is 0.348 e. The van der Waals surface area contributed by atoms with Crippen molar-refractivity contribution in [2.45, 2.75) is 32.6 Å². The van der Waals surface area contributed by atoms with E-state index in [-0.39, 0.29) is 5.91 Å². The largest absolute Gasteiger partial charge is 0.465 e. The second-order valence-electron chi connectivity index (χ2n) is 5.58. The molecule has 0 unspecified atom stereocenters. The highest BCUT2D eigenvalue weighted by Gasteiger charge is 2.23. The molecule has 0 saturated carbocycles. The van der Waals surface area contributed by atoms with Crippen LogP contribution in [0, 0.1) is 18.3 Å². The van der Waals surface area contributed by atoms with Crippen molar-refractivity contribution in [3.63, 3.8) is 0 Å². The highest BCUT2D eigenvalue weighted by molar-refractivity contribution is 7.18. The minimum Gasteiger partial charge on any atom is -0.465 e. The molecule has 0 aromatic carbocycles. The van der Waals surface area contributed by atoms with Crippen molar-refractivity contribution in [1.82, 2.24) is 0 Å². The van der Waals surface area contributed by atoms with Crippen molar-refractivity contribution in [2.75, 3.05) is 12.4 Å². The lowest BCUT2D eigenvalue weighted by Gasteiger charge is -2.08. The van der Waals surface area contributed by atoms with Crippen molar-refractivity contribution in [1.29, 1.82) is 5.26 Å².